The van der Waals surface area contributed by atoms with Gasteiger partial charge in [0.25, 0.3) is 0 Å². The number of aryl methyl sites for hydroxylation is 1. The van der Waals surface area contributed by atoms with E-state index in [9.17, 15) is 18.0 Å². The van der Waals surface area contributed by atoms with E-state index >= 15 is 0 Å². The van der Waals surface area contributed by atoms with E-state index < -0.39 is 18.3 Å². The lowest BCUT2D eigenvalue weighted by molar-refractivity contribution is -0.183. The van der Waals surface area contributed by atoms with E-state index in [2.05, 4.69) is 0 Å². The molecule has 1 aliphatic heterocycles. The number of alkyl halides is 3. The number of hydrogen-bond donors (Lipinski definition) is 1. The van der Waals surface area contributed by atoms with Crippen molar-refractivity contribution in [2.75, 3.05) is 26.2 Å². The molecule has 0 aromatic heterocycles. The van der Waals surface area contributed by atoms with Crippen LogP contribution in [0.4, 0.5) is 13.2 Å². The van der Waals surface area contributed by atoms with Gasteiger partial charge in [0, 0.05) is 26.2 Å². The highest BCUT2D eigenvalue weighted by atomic mass is 35.5. The fourth-order valence-electron chi connectivity index (χ4n) is 2.65. The molecule has 2 atom stereocenters. The van der Waals surface area contributed by atoms with Crippen LogP contribution in [-0.4, -0.2) is 54.1 Å². The van der Waals surface area contributed by atoms with Gasteiger partial charge in [-0.1, -0.05) is 29.8 Å². The summed E-state index contributed by atoms with van der Waals surface area (Å²) in [7, 11) is 0. The Hall–Kier alpha value is -1.02. The monoisotopic (exact) mass is 401 g/mol. The summed E-state index contributed by atoms with van der Waals surface area (Å²) in [4.78, 5) is 15.3. The molecule has 0 aliphatic carbocycles. The number of nitrogens with zero attached hydrogens (tertiary/aromatic N) is 2. The first-order chi connectivity index (χ1) is 10.7. The van der Waals surface area contributed by atoms with Gasteiger partial charge in [-0.15, -0.1) is 24.8 Å². The summed E-state index contributed by atoms with van der Waals surface area (Å²) in [5.41, 5.74) is 7.79. The van der Waals surface area contributed by atoms with Crippen LogP contribution >= 0.6 is 24.8 Å². The Morgan fingerprint density at radius 3 is 2.00 bits per heavy atom. The first-order valence-corrected chi connectivity index (χ1v) is 7.62. The van der Waals surface area contributed by atoms with Crippen LogP contribution in [0, 0.1) is 6.92 Å². The van der Waals surface area contributed by atoms with E-state index in [1.165, 1.54) is 4.90 Å². The molecule has 144 valence electrons. The third kappa shape index (κ3) is 6.02. The van der Waals surface area contributed by atoms with Gasteiger partial charge in [-0.3, -0.25) is 9.69 Å². The number of halogens is 5. The summed E-state index contributed by atoms with van der Waals surface area (Å²) in [5, 5.41) is 0. The molecule has 0 saturated carbocycles. The molecule has 1 saturated heterocycles. The number of piperazine rings is 1. The SMILES string of the molecule is Cc1ccc(C(N)C(=O)N2CCN(C(C)C(F)(F)F)CC2)cc1.Cl.Cl. The van der Waals surface area contributed by atoms with E-state index in [0.29, 0.717) is 5.56 Å². The highest BCUT2D eigenvalue weighted by Crippen LogP contribution is 2.25. The number of carbonyl (C=O) groups is 1. The highest BCUT2D eigenvalue weighted by Gasteiger charge is 2.41. The molecular weight excluding hydrogens is 378 g/mol. The van der Waals surface area contributed by atoms with Crippen molar-refractivity contribution in [1.82, 2.24) is 9.80 Å². The van der Waals surface area contributed by atoms with Gasteiger partial charge >= 0.3 is 6.18 Å². The van der Waals surface area contributed by atoms with Crippen LogP contribution in [0.1, 0.15) is 24.1 Å². The molecule has 1 amide bonds. The second-order valence-electron chi connectivity index (χ2n) is 5.97. The van der Waals surface area contributed by atoms with Crippen molar-refractivity contribution in [3.8, 4) is 0 Å². The Labute approximate surface area is 158 Å². The van der Waals surface area contributed by atoms with Gasteiger partial charge in [-0.05, 0) is 19.4 Å². The lowest BCUT2D eigenvalue weighted by Crippen LogP contribution is -2.55. The van der Waals surface area contributed by atoms with Gasteiger partial charge in [0.05, 0.1) is 0 Å². The van der Waals surface area contributed by atoms with E-state index in [-0.39, 0.29) is 56.9 Å². The summed E-state index contributed by atoms with van der Waals surface area (Å²) in [6, 6.07) is 5.10. The minimum Gasteiger partial charge on any atom is -0.338 e. The van der Waals surface area contributed by atoms with Crippen molar-refractivity contribution >= 4 is 30.7 Å². The summed E-state index contributed by atoms with van der Waals surface area (Å²) in [6.07, 6.45) is -4.25. The van der Waals surface area contributed by atoms with Gasteiger partial charge in [0.2, 0.25) is 5.91 Å². The lowest BCUT2D eigenvalue weighted by atomic mass is 10.0. The molecule has 1 aromatic carbocycles. The topological polar surface area (TPSA) is 49.6 Å². The van der Waals surface area contributed by atoms with E-state index in [1.807, 2.05) is 19.1 Å². The average Bonchev–Trinajstić information content (AvgIpc) is 2.53. The van der Waals surface area contributed by atoms with Crippen LogP contribution in [0.5, 0.6) is 0 Å². The smallest absolute Gasteiger partial charge is 0.338 e. The normalized spacial score (nSPS) is 17.9. The maximum Gasteiger partial charge on any atom is 0.403 e. The quantitative estimate of drug-likeness (QED) is 0.846. The standard InChI is InChI=1S/C16H22F3N3O.2ClH/c1-11-3-5-13(6-4-11)14(20)15(23)22-9-7-21(8-10-22)12(2)16(17,18)19;;/h3-6,12,14H,7-10,20H2,1-2H3;2*1H. The van der Waals surface area contributed by atoms with Gasteiger partial charge in [0.1, 0.15) is 12.1 Å². The van der Waals surface area contributed by atoms with Gasteiger partial charge in [0.15, 0.2) is 0 Å². The second kappa shape index (κ2) is 9.62. The van der Waals surface area contributed by atoms with Crippen LogP contribution < -0.4 is 5.73 Å². The van der Waals surface area contributed by atoms with Crippen molar-refractivity contribution in [3.63, 3.8) is 0 Å². The van der Waals surface area contributed by atoms with Crippen LogP contribution in [0.2, 0.25) is 0 Å². The van der Waals surface area contributed by atoms with Crippen LogP contribution in [-0.2, 0) is 4.79 Å². The van der Waals surface area contributed by atoms with Gasteiger partial charge in [-0.25, -0.2) is 0 Å². The van der Waals surface area contributed by atoms with Crippen LogP contribution in [0.3, 0.4) is 0 Å². The minimum atomic E-state index is -4.25. The molecule has 2 rings (SSSR count). The fraction of sp³-hybridized carbons (Fsp3) is 0.562. The molecule has 1 fully saturated rings. The Balaban J connectivity index is 0.00000288. The number of carbonyl (C=O) groups excluding carboxylic acids is 1. The van der Waals surface area contributed by atoms with Crippen molar-refractivity contribution in [3.05, 3.63) is 35.4 Å². The molecule has 25 heavy (non-hydrogen) atoms. The summed E-state index contributed by atoms with van der Waals surface area (Å²) < 4.78 is 38.2. The summed E-state index contributed by atoms with van der Waals surface area (Å²) in [6.45, 7) is 4.02. The average molecular weight is 402 g/mol. The summed E-state index contributed by atoms with van der Waals surface area (Å²) in [5.74, 6) is -0.242. The molecule has 4 nitrogen and oxygen atoms in total. The van der Waals surface area contributed by atoms with Crippen LogP contribution in [0.15, 0.2) is 24.3 Å². The van der Waals surface area contributed by atoms with E-state index in [0.717, 1.165) is 12.5 Å². The largest absolute Gasteiger partial charge is 0.403 e. The first kappa shape index (κ1) is 24.0. The minimum absolute atomic E-state index is 0. The van der Waals surface area contributed by atoms with E-state index in [1.54, 1.807) is 17.0 Å². The molecule has 1 aliphatic rings. The molecule has 2 N–H and O–H groups in total. The zero-order chi connectivity index (χ0) is 17.2. The van der Waals surface area contributed by atoms with Crippen molar-refractivity contribution < 1.29 is 18.0 Å². The Morgan fingerprint density at radius 1 is 1.08 bits per heavy atom. The molecule has 2 unspecified atom stereocenters. The van der Waals surface area contributed by atoms with Crippen molar-refractivity contribution in [2.24, 2.45) is 5.73 Å². The number of amides is 1. The molecule has 0 radical (unpaired) electrons. The molecule has 1 aromatic rings. The molecular formula is C16H24Cl2F3N3O. The van der Waals surface area contributed by atoms with Gasteiger partial charge < -0.3 is 10.6 Å². The summed E-state index contributed by atoms with van der Waals surface area (Å²) >= 11 is 0. The number of rotatable bonds is 3. The zero-order valence-corrected chi connectivity index (χ0v) is 15.8. The molecule has 0 bridgehead atoms. The Kier molecular flexibility index (Phi) is 9.22. The van der Waals surface area contributed by atoms with Crippen molar-refractivity contribution in [2.45, 2.75) is 32.1 Å². The third-order valence-electron chi connectivity index (χ3n) is 4.35. The first-order valence-electron chi connectivity index (χ1n) is 7.62. The Bertz CT molecular complexity index is 547. The second-order valence-corrected chi connectivity index (χ2v) is 5.97. The van der Waals surface area contributed by atoms with Gasteiger partial charge in [-0.2, -0.15) is 13.2 Å². The zero-order valence-electron chi connectivity index (χ0n) is 14.1. The number of nitrogens with two attached hydrogens (primary N) is 1. The maximum atomic E-state index is 12.7. The predicted octanol–water partition coefficient (Wildman–Crippen LogP) is 2.93. The Morgan fingerprint density at radius 2 is 1.56 bits per heavy atom. The lowest BCUT2D eigenvalue weighted by Gasteiger charge is -2.39. The van der Waals surface area contributed by atoms with E-state index in [4.69, 9.17) is 5.73 Å². The predicted molar refractivity (Wildman–Crippen MR) is 96.3 cm³/mol. The van der Waals surface area contributed by atoms with Crippen molar-refractivity contribution in [1.29, 1.82) is 0 Å². The number of benzene rings is 1. The molecule has 9 heteroatoms. The molecule has 1 heterocycles. The third-order valence-corrected chi connectivity index (χ3v) is 4.35. The molecule has 0 spiro atoms. The maximum absolute atomic E-state index is 12.7. The fourth-order valence-corrected chi connectivity index (χ4v) is 2.65. The highest BCUT2D eigenvalue weighted by molar-refractivity contribution is 5.85. The number of hydrogen-bond acceptors (Lipinski definition) is 3. The van der Waals surface area contributed by atoms with Crippen LogP contribution in [0.25, 0.3) is 0 Å².